The fourth-order valence-electron chi connectivity index (χ4n) is 4.50. The molecule has 6 nitrogen and oxygen atoms in total. The van der Waals surface area contributed by atoms with Crippen molar-refractivity contribution in [3.63, 3.8) is 0 Å². The van der Waals surface area contributed by atoms with Gasteiger partial charge in [-0.3, -0.25) is 9.69 Å². The molecule has 1 N–H and O–H groups in total. The van der Waals surface area contributed by atoms with Gasteiger partial charge in [0.1, 0.15) is 11.7 Å². The molecule has 3 atom stereocenters. The van der Waals surface area contributed by atoms with E-state index in [-0.39, 0.29) is 30.6 Å². The van der Waals surface area contributed by atoms with Crippen LogP contribution in [0.4, 0.5) is 0 Å². The molecule has 0 bridgehead atoms. The van der Waals surface area contributed by atoms with E-state index in [4.69, 9.17) is 4.74 Å². The third-order valence-corrected chi connectivity index (χ3v) is 6.68. The number of nitrogens with zero attached hydrogens (tertiary/aromatic N) is 3. The van der Waals surface area contributed by atoms with Crippen molar-refractivity contribution < 1.29 is 14.6 Å². The van der Waals surface area contributed by atoms with Crippen LogP contribution in [0.3, 0.4) is 0 Å². The van der Waals surface area contributed by atoms with Crippen molar-refractivity contribution in [2.75, 3.05) is 26.7 Å². The van der Waals surface area contributed by atoms with Crippen LogP contribution in [0.5, 0.6) is 5.88 Å². The number of benzene rings is 2. The summed E-state index contributed by atoms with van der Waals surface area (Å²) >= 11 is 0. The van der Waals surface area contributed by atoms with Crippen LogP contribution in [0.1, 0.15) is 40.9 Å². The second kappa shape index (κ2) is 12.5. The van der Waals surface area contributed by atoms with Crippen LogP contribution in [0, 0.1) is 17.8 Å². The maximum atomic E-state index is 13.6. The van der Waals surface area contributed by atoms with Crippen molar-refractivity contribution in [2.45, 2.75) is 39.0 Å². The van der Waals surface area contributed by atoms with E-state index < -0.39 is 0 Å². The average molecular weight is 498 g/mol. The van der Waals surface area contributed by atoms with Gasteiger partial charge in [0.2, 0.25) is 5.88 Å². The third-order valence-electron chi connectivity index (χ3n) is 6.68. The number of amides is 1. The maximum Gasteiger partial charge on any atom is 0.259 e. The Morgan fingerprint density at radius 3 is 2.49 bits per heavy atom. The van der Waals surface area contributed by atoms with E-state index in [1.54, 1.807) is 17.2 Å². The highest BCUT2D eigenvalue weighted by atomic mass is 16.5. The Bertz CT molecular complexity index is 1240. The molecule has 1 amide bonds. The minimum absolute atomic E-state index is 0.0384. The van der Waals surface area contributed by atoms with Gasteiger partial charge in [-0.15, -0.1) is 0 Å². The van der Waals surface area contributed by atoms with Gasteiger partial charge in [0.25, 0.3) is 5.91 Å². The Balaban J connectivity index is 1.59. The van der Waals surface area contributed by atoms with Crippen LogP contribution in [-0.2, 0) is 13.0 Å². The van der Waals surface area contributed by atoms with E-state index in [0.717, 1.165) is 12.1 Å². The molecule has 0 spiro atoms. The number of ether oxygens (including phenoxy) is 1. The van der Waals surface area contributed by atoms with Crippen LogP contribution < -0.4 is 4.74 Å². The topological polar surface area (TPSA) is 65.9 Å². The number of carbonyl (C=O) groups excluding carboxylic acids is 1. The Morgan fingerprint density at radius 1 is 1.14 bits per heavy atom. The minimum atomic E-state index is -0.323. The van der Waals surface area contributed by atoms with E-state index in [1.807, 2.05) is 55.5 Å². The molecule has 0 saturated heterocycles. The van der Waals surface area contributed by atoms with Gasteiger partial charge < -0.3 is 14.7 Å². The number of aliphatic hydroxyl groups excluding tert-OH is 1. The molecule has 0 fully saturated rings. The zero-order valence-corrected chi connectivity index (χ0v) is 21.8. The van der Waals surface area contributed by atoms with Crippen molar-refractivity contribution in [1.82, 2.24) is 14.8 Å². The number of aromatic nitrogens is 1. The molecule has 3 aromatic rings. The van der Waals surface area contributed by atoms with Gasteiger partial charge in [-0.05, 0) is 31.2 Å². The van der Waals surface area contributed by atoms with E-state index in [2.05, 4.69) is 47.8 Å². The van der Waals surface area contributed by atoms with Crippen LogP contribution in [-0.4, -0.2) is 64.7 Å². The third kappa shape index (κ3) is 6.97. The second-order valence-corrected chi connectivity index (χ2v) is 9.85. The summed E-state index contributed by atoms with van der Waals surface area (Å²) in [6, 6.07) is 21.8. The van der Waals surface area contributed by atoms with E-state index in [1.165, 1.54) is 5.56 Å². The lowest BCUT2D eigenvalue weighted by Crippen LogP contribution is -2.49. The summed E-state index contributed by atoms with van der Waals surface area (Å²) in [5.41, 5.74) is 3.41. The van der Waals surface area contributed by atoms with E-state index in [0.29, 0.717) is 36.5 Å². The highest BCUT2D eigenvalue weighted by Gasteiger charge is 2.34. The van der Waals surface area contributed by atoms with Gasteiger partial charge in [0, 0.05) is 43.7 Å². The van der Waals surface area contributed by atoms with Crippen molar-refractivity contribution in [3.8, 4) is 17.7 Å². The van der Waals surface area contributed by atoms with Gasteiger partial charge in [0.15, 0.2) is 0 Å². The van der Waals surface area contributed by atoms with Crippen molar-refractivity contribution in [2.24, 2.45) is 5.92 Å². The lowest BCUT2D eigenvalue weighted by molar-refractivity contribution is 0.0325. The summed E-state index contributed by atoms with van der Waals surface area (Å²) in [4.78, 5) is 22.1. The number of aliphatic hydroxyl groups is 1. The largest absolute Gasteiger partial charge is 0.472 e. The minimum Gasteiger partial charge on any atom is -0.472 e. The Morgan fingerprint density at radius 2 is 1.81 bits per heavy atom. The van der Waals surface area contributed by atoms with Gasteiger partial charge in [-0.1, -0.05) is 79.4 Å². The molecule has 1 aliphatic heterocycles. The SMILES string of the molecule is C[C@@H]1CN([C@@H](C)CO)C(=O)c2cc(C#CCc3ccccc3)cnc2O[C@@H]1CN(C)Cc1ccccc1. The lowest BCUT2D eigenvalue weighted by Gasteiger charge is -2.37. The van der Waals surface area contributed by atoms with Crippen molar-refractivity contribution in [1.29, 1.82) is 0 Å². The average Bonchev–Trinajstić information content (AvgIpc) is 2.91. The summed E-state index contributed by atoms with van der Waals surface area (Å²) in [7, 11) is 2.07. The first kappa shape index (κ1) is 26.4. The monoisotopic (exact) mass is 497 g/mol. The fourth-order valence-corrected chi connectivity index (χ4v) is 4.50. The maximum absolute atomic E-state index is 13.6. The number of carbonyl (C=O) groups is 1. The highest BCUT2D eigenvalue weighted by molar-refractivity contribution is 5.97. The standard InChI is InChI=1S/C31H35N3O3/c1-23-19-34(24(2)22-35)31(36)28-17-27(16-10-15-25-11-6-4-7-12-25)18-32-30(28)37-29(23)21-33(3)20-26-13-8-5-9-14-26/h4-9,11-14,17-18,23-24,29,35H,15,19-22H2,1-3H3/t23-,24+,29-/m1/s1. The molecule has 37 heavy (non-hydrogen) atoms. The smallest absolute Gasteiger partial charge is 0.259 e. The predicted molar refractivity (Wildman–Crippen MR) is 145 cm³/mol. The highest BCUT2D eigenvalue weighted by Crippen LogP contribution is 2.27. The molecule has 1 aromatic heterocycles. The Kier molecular flexibility index (Phi) is 8.95. The van der Waals surface area contributed by atoms with Crippen LogP contribution in [0.25, 0.3) is 0 Å². The molecular weight excluding hydrogens is 462 g/mol. The number of rotatable bonds is 7. The van der Waals surface area contributed by atoms with E-state index >= 15 is 0 Å². The molecule has 4 rings (SSSR count). The Labute approximate surface area is 219 Å². The molecule has 2 aromatic carbocycles. The van der Waals surface area contributed by atoms with Crippen molar-refractivity contribution in [3.05, 3.63) is 95.2 Å². The normalized spacial score (nSPS) is 18.2. The lowest BCUT2D eigenvalue weighted by atomic mass is 9.99. The molecule has 192 valence electrons. The van der Waals surface area contributed by atoms with Crippen LogP contribution in [0.2, 0.25) is 0 Å². The number of pyridine rings is 1. The van der Waals surface area contributed by atoms with Gasteiger partial charge in [-0.25, -0.2) is 4.98 Å². The first-order chi connectivity index (χ1) is 17.9. The first-order valence-electron chi connectivity index (χ1n) is 12.8. The fraction of sp³-hybridized carbons (Fsp3) is 0.355. The number of hydrogen-bond donors (Lipinski definition) is 1. The van der Waals surface area contributed by atoms with E-state index in [9.17, 15) is 9.90 Å². The Hall–Kier alpha value is -3.66. The molecule has 0 unspecified atom stereocenters. The number of likely N-dealkylation sites (N-methyl/N-ethyl adjacent to an activating group) is 1. The van der Waals surface area contributed by atoms with Crippen LogP contribution in [0.15, 0.2) is 72.9 Å². The number of hydrogen-bond acceptors (Lipinski definition) is 5. The number of fused-ring (bicyclic) bond motifs is 1. The molecule has 0 saturated carbocycles. The molecule has 0 radical (unpaired) electrons. The summed E-state index contributed by atoms with van der Waals surface area (Å²) < 4.78 is 6.41. The molecular formula is C31H35N3O3. The molecule has 0 aliphatic carbocycles. The summed E-state index contributed by atoms with van der Waals surface area (Å²) in [5, 5.41) is 9.88. The second-order valence-electron chi connectivity index (χ2n) is 9.85. The summed E-state index contributed by atoms with van der Waals surface area (Å²) in [5.74, 6) is 6.48. The summed E-state index contributed by atoms with van der Waals surface area (Å²) in [6.45, 7) is 5.77. The van der Waals surface area contributed by atoms with Gasteiger partial charge >= 0.3 is 0 Å². The van der Waals surface area contributed by atoms with Crippen LogP contribution >= 0.6 is 0 Å². The zero-order chi connectivity index (χ0) is 26.2. The van der Waals surface area contributed by atoms with Gasteiger partial charge in [0.05, 0.1) is 12.6 Å². The van der Waals surface area contributed by atoms with Crippen molar-refractivity contribution >= 4 is 5.91 Å². The zero-order valence-electron chi connectivity index (χ0n) is 21.8. The predicted octanol–water partition coefficient (Wildman–Crippen LogP) is 4.03. The first-order valence-corrected chi connectivity index (χ1v) is 12.8. The quantitative estimate of drug-likeness (QED) is 0.500. The molecule has 1 aliphatic rings. The molecule has 2 heterocycles. The van der Waals surface area contributed by atoms with Gasteiger partial charge in [-0.2, -0.15) is 0 Å². The summed E-state index contributed by atoms with van der Waals surface area (Å²) in [6.07, 6.45) is 2.10. The molecule has 6 heteroatoms.